The lowest BCUT2D eigenvalue weighted by atomic mass is 9.82. The first-order valence-electron chi connectivity index (χ1n) is 11.2. The second-order valence-electron chi connectivity index (χ2n) is 9.24. The minimum atomic E-state index is 0.240. The predicted molar refractivity (Wildman–Crippen MR) is 118 cm³/mol. The van der Waals surface area contributed by atoms with E-state index in [0.29, 0.717) is 11.8 Å². The smallest absolute Gasteiger partial charge is 0.194 e. The highest BCUT2D eigenvalue weighted by Gasteiger charge is 2.27. The van der Waals surface area contributed by atoms with Gasteiger partial charge in [-0.2, -0.15) is 0 Å². The van der Waals surface area contributed by atoms with E-state index in [1.807, 2.05) is 0 Å². The van der Waals surface area contributed by atoms with Crippen molar-refractivity contribution >= 4 is 5.78 Å². The molecular formula is C27H34O. The van der Waals surface area contributed by atoms with E-state index in [2.05, 4.69) is 52.0 Å². The van der Waals surface area contributed by atoms with Gasteiger partial charge in [0, 0.05) is 11.1 Å². The SMILES string of the molecule is Cc1ccc(C2CCCC2)c(C)c1C(=O)c1c(C)ccc(C2CCCC2)c1C. The summed E-state index contributed by atoms with van der Waals surface area (Å²) in [6, 6.07) is 8.93. The highest BCUT2D eigenvalue weighted by atomic mass is 16.1. The Labute approximate surface area is 170 Å². The highest BCUT2D eigenvalue weighted by Crippen LogP contribution is 2.40. The molecule has 0 aliphatic heterocycles. The van der Waals surface area contributed by atoms with Crippen LogP contribution < -0.4 is 0 Å². The molecule has 2 aromatic rings. The second-order valence-corrected chi connectivity index (χ2v) is 9.24. The number of rotatable bonds is 4. The van der Waals surface area contributed by atoms with Crippen molar-refractivity contribution in [2.75, 3.05) is 0 Å². The van der Waals surface area contributed by atoms with Gasteiger partial charge >= 0.3 is 0 Å². The van der Waals surface area contributed by atoms with E-state index in [9.17, 15) is 4.79 Å². The Morgan fingerprint density at radius 1 is 0.643 bits per heavy atom. The van der Waals surface area contributed by atoms with Gasteiger partial charge < -0.3 is 0 Å². The van der Waals surface area contributed by atoms with Gasteiger partial charge in [0.2, 0.25) is 0 Å². The third-order valence-electron chi connectivity index (χ3n) is 7.47. The molecule has 0 N–H and O–H groups in total. The van der Waals surface area contributed by atoms with Crippen LogP contribution in [0.25, 0.3) is 0 Å². The molecule has 2 fully saturated rings. The van der Waals surface area contributed by atoms with Crippen molar-refractivity contribution in [1.82, 2.24) is 0 Å². The number of aryl methyl sites for hydroxylation is 2. The van der Waals surface area contributed by atoms with Gasteiger partial charge in [-0.15, -0.1) is 0 Å². The maximum atomic E-state index is 13.9. The number of carbonyl (C=O) groups is 1. The molecule has 2 aliphatic carbocycles. The van der Waals surface area contributed by atoms with E-state index >= 15 is 0 Å². The zero-order valence-corrected chi connectivity index (χ0v) is 18.0. The normalized spacial score (nSPS) is 18.1. The Kier molecular flexibility index (Phi) is 5.45. The maximum absolute atomic E-state index is 13.9. The molecule has 2 saturated carbocycles. The number of ketones is 1. The van der Waals surface area contributed by atoms with Gasteiger partial charge in [0.25, 0.3) is 0 Å². The van der Waals surface area contributed by atoms with Crippen LogP contribution >= 0.6 is 0 Å². The molecule has 0 heterocycles. The van der Waals surface area contributed by atoms with Crippen molar-refractivity contribution in [2.45, 2.75) is 90.9 Å². The molecular weight excluding hydrogens is 340 g/mol. The molecule has 2 aliphatic rings. The van der Waals surface area contributed by atoms with Crippen LogP contribution in [-0.4, -0.2) is 5.78 Å². The van der Waals surface area contributed by atoms with Crippen LogP contribution in [0.15, 0.2) is 24.3 Å². The largest absolute Gasteiger partial charge is 0.289 e. The number of hydrogen-bond donors (Lipinski definition) is 0. The summed E-state index contributed by atoms with van der Waals surface area (Å²) in [4.78, 5) is 13.9. The quantitative estimate of drug-likeness (QED) is 0.507. The Morgan fingerprint density at radius 3 is 1.36 bits per heavy atom. The molecule has 0 saturated heterocycles. The molecule has 0 unspecified atom stereocenters. The first kappa shape index (κ1) is 19.4. The lowest BCUT2D eigenvalue weighted by molar-refractivity contribution is 0.103. The van der Waals surface area contributed by atoms with E-state index in [1.54, 1.807) is 0 Å². The Bertz CT molecular complexity index is 819. The van der Waals surface area contributed by atoms with Crippen LogP contribution in [0.5, 0.6) is 0 Å². The van der Waals surface area contributed by atoms with Gasteiger partial charge in [-0.1, -0.05) is 49.9 Å². The van der Waals surface area contributed by atoms with E-state index in [1.165, 1.54) is 73.6 Å². The topological polar surface area (TPSA) is 17.1 Å². The van der Waals surface area contributed by atoms with Crippen LogP contribution in [0.2, 0.25) is 0 Å². The summed E-state index contributed by atoms with van der Waals surface area (Å²) in [5.74, 6) is 1.52. The van der Waals surface area contributed by atoms with Gasteiger partial charge in [0.1, 0.15) is 0 Å². The summed E-state index contributed by atoms with van der Waals surface area (Å²) >= 11 is 0. The van der Waals surface area contributed by atoms with Crippen LogP contribution in [0, 0.1) is 27.7 Å². The average Bonchev–Trinajstić information content (AvgIpc) is 3.36. The Hall–Kier alpha value is -1.89. The monoisotopic (exact) mass is 374 g/mol. The molecule has 4 rings (SSSR count). The first-order chi connectivity index (χ1) is 13.5. The van der Waals surface area contributed by atoms with Crippen molar-refractivity contribution in [3.05, 3.63) is 68.8 Å². The van der Waals surface area contributed by atoms with Gasteiger partial charge in [-0.25, -0.2) is 0 Å². The standard InChI is InChI=1S/C27H34O/c1-17-13-15-23(21-9-5-6-10-21)19(3)25(17)27(28)26-18(2)14-16-24(20(26)4)22-11-7-8-12-22/h13-16,21-22H,5-12H2,1-4H3. The molecule has 0 aromatic heterocycles. The number of benzene rings is 2. The Balaban J connectivity index is 1.79. The van der Waals surface area contributed by atoms with E-state index < -0.39 is 0 Å². The van der Waals surface area contributed by atoms with Gasteiger partial charge in [-0.05, 0) is 98.6 Å². The molecule has 0 spiro atoms. The summed E-state index contributed by atoms with van der Waals surface area (Å²) in [6.45, 7) is 8.56. The Morgan fingerprint density at radius 2 is 1.00 bits per heavy atom. The minimum Gasteiger partial charge on any atom is -0.289 e. The van der Waals surface area contributed by atoms with Crippen molar-refractivity contribution < 1.29 is 4.79 Å². The fourth-order valence-electron chi connectivity index (χ4n) is 5.91. The van der Waals surface area contributed by atoms with Crippen molar-refractivity contribution in [3.8, 4) is 0 Å². The van der Waals surface area contributed by atoms with E-state index in [-0.39, 0.29) is 5.78 Å². The maximum Gasteiger partial charge on any atom is 0.194 e. The molecule has 2 aromatic carbocycles. The third-order valence-corrected chi connectivity index (χ3v) is 7.47. The van der Waals surface area contributed by atoms with Gasteiger partial charge in [0.05, 0.1) is 0 Å². The molecule has 1 nitrogen and oxygen atoms in total. The molecule has 28 heavy (non-hydrogen) atoms. The minimum absolute atomic E-state index is 0.240. The third kappa shape index (κ3) is 3.34. The first-order valence-corrected chi connectivity index (χ1v) is 11.2. The molecule has 148 valence electrons. The van der Waals surface area contributed by atoms with Gasteiger partial charge in [-0.3, -0.25) is 4.79 Å². The zero-order chi connectivity index (χ0) is 19.8. The van der Waals surface area contributed by atoms with Crippen LogP contribution in [0.1, 0.15) is 113 Å². The molecule has 1 heteroatoms. The average molecular weight is 375 g/mol. The van der Waals surface area contributed by atoms with Crippen molar-refractivity contribution in [1.29, 1.82) is 0 Å². The fourth-order valence-corrected chi connectivity index (χ4v) is 5.91. The van der Waals surface area contributed by atoms with Crippen molar-refractivity contribution in [2.24, 2.45) is 0 Å². The van der Waals surface area contributed by atoms with E-state index in [0.717, 1.165) is 22.3 Å². The van der Waals surface area contributed by atoms with Crippen LogP contribution in [0.4, 0.5) is 0 Å². The number of hydrogen-bond acceptors (Lipinski definition) is 1. The summed E-state index contributed by atoms with van der Waals surface area (Å²) in [5, 5.41) is 0. The number of carbonyl (C=O) groups excluding carboxylic acids is 1. The fraction of sp³-hybridized carbons (Fsp3) is 0.519. The summed E-state index contributed by atoms with van der Waals surface area (Å²) in [6.07, 6.45) is 10.4. The summed E-state index contributed by atoms with van der Waals surface area (Å²) in [5.41, 5.74) is 9.42. The van der Waals surface area contributed by atoms with Crippen LogP contribution in [-0.2, 0) is 0 Å². The van der Waals surface area contributed by atoms with E-state index in [4.69, 9.17) is 0 Å². The van der Waals surface area contributed by atoms with Crippen LogP contribution in [0.3, 0.4) is 0 Å². The molecule has 0 amide bonds. The molecule has 0 bridgehead atoms. The zero-order valence-electron chi connectivity index (χ0n) is 18.0. The molecule has 0 atom stereocenters. The van der Waals surface area contributed by atoms with Gasteiger partial charge in [0.15, 0.2) is 5.78 Å². The predicted octanol–water partition coefficient (Wildman–Crippen LogP) is 7.47. The summed E-state index contributed by atoms with van der Waals surface area (Å²) < 4.78 is 0. The molecule has 0 radical (unpaired) electrons. The van der Waals surface area contributed by atoms with Crippen molar-refractivity contribution in [3.63, 3.8) is 0 Å². The second kappa shape index (κ2) is 7.85. The summed E-state index contributed by atoms with van der Waals surface area (Å²) in [7, 11) is 0. The lowest BCUT2D eigenvalue weighted by Crippen LogP contribution is -2.14. The highest BCUT2D eigenvalue weighted by molar-refractivity contribution is 6.12. The lowest BCUT2D eigenvalue weighted by Gasteiger charge is -2.21.